The highest BCUT2D eigenvalue weighted by Crippen LogP contribution is 2.29. The number of nitrogens with zero attached hydrogens (tertiary/aromatic N) is 1. The van der Waals surface area contributed by atoms with Crippen molar-refractivity contribution in [1.82, 2.24) is 9.88 Å². The van der Waals surface area contributed by atoms with E-state index in [0.717, 1.165) is 38.9 Å². The first-order chi connectivity index (χ1) is 13.7. The minimum absolute atomic E-state index is 0.292. The van der Waals surface area contributed by atoms with Crippen LogP contribution in [0.15, 0.2) is 54.7 Å². The zero-order valence-corrected chi connectivity index (χ0v) is 16.3. The van der Waals surface area contributed by atoms with Crippen LogP contribution in [0.5, 0.6) is 5.75 Å². The maximum absolute atomic E-state index is 13.9. The molecule has 2 heterocycles. The largest absolute Gasteiger partial charge is 0.488 e. The lowest BCUT2D eigenvalue weighted by Crippen LogP contribution is -2.39. The second-order valence-electron chi connectivity index (χ2n) is 7.64. The van der Waals surface area contributed by atoms with Crippen molar-refractivity contribution >= 4 is 10.9 Å². The molecule has 1 saturated heterocycles. The Balaban J connectivity index is 1.39. The van der Waals surface area contributed by atoms with Crippen LogP contribution in [-0.2, 0) is 11.3 Å². The smallest absolute Gasteiger partial charge is 0.165 e. The Labute approximate surface area is 165 Å². The Morgan fingerprint density at radius 1 is 1.11 bits per heavy atom. The second-order valence-corrected chi connectivity index (χ2v) is 7.64. The standard InChI is InChI=1S/C23H27FN2O2/c1-27-23(17-28-22-6-3-2-5-20(22)24)10-4-13-26(14-11-23)16-18-7-8-21-19(15-18)9-12-25-21/h2-3,5-9,12,15,25H,4,10-11,13-14,16-17H2,1H3. The lowest BCUT2D eigenvalue weighted by atomic mass is 9.95. The van der Waals surface area contributed by atoms with Crippen molar-refractivity contribution in [3.63, 3.8) is 0 Å². The van der Waals surface area contributed by atoms with E-state index in [9.17, 15) is 4.39 Å². The van der Waals surface area contributed by atoms with Crippen LogP contribution < -0.4 is 4.74 Å². The molecule has 1 fully saturated rings. The van der Waals surface area contributed by atoms with Gasteiger partial charge in [-0.15, -0.1) is 0 Å². The zero-order chi connectivity index (χ0) is 19.4. The van der Waals surface area contributed by atoms with E-state index >= 15 is 0 Å². The Bertz CT molecular complexity index is 926. The summed E-state index contributed by atoms with van der Waals surface area (Å²) in [6.07, 6.45) is 4.78. The Hall–Kier alpha value is -2.37. The summed E-state index contributed by atoms with van der Waals surface area (Å²) in [5.41, 5.74) is 2.12. The molecule has 5 heteroatoms. The van der Waals surface area contributed by atoms with E-state index in [1.165, 1.54) is 22.5 Å². The molecule has 4 nitrogen and oxygen atoms in total. The predicted molar refractivity (Wildman–Crippen MR) is 109 cm³/mol. The third-order valence-corrected chi connectivity index (χ3v) is 5.77. The van der Waals surface area contributed by atoms with Crippen molar-refractivity contribution < 1.29 is 13.9 Å². The fraction of sp³-hybridized carbons (Fsp3) is 0.391. The highest BCUT2D eigenvalue weighted by atomic mass is 19.1. The number of fused-ring (bicyclic) bond motifs is 1. The number of H-pyrrole nitrogens is 1. The second kappa shape index (κ2) is 8.33. The molecule has 3 aromatic rings. The van der Waals surface area contributed by atoms with Gasteiger partial charge in [0.1, 0.15) is 12.2 Å². The monoisotopic (exact) mass is 382 g/mol. The van der Waals surface area contributed by atoms with Crippen LogP contribution in [0.1, 0.15) is 24.8 Å². The molecular weight excluding hydrogens is 355 g/mol. The molecule has 1 unspecified atom stereocenters. The van der Waals surface area contributed by atoms with Gasteiger partial charge < -0.3 is 14.5 Å². The molecule has 0 spiro atoms. The lowest BCUT2D eigenvalue weighted by Gasteiger charge is -2.31. The molecule has 0 amide bonds. The van der Waals surface area contributed by atoms with Gasteiger partial charge in [0.2, 0.25) is 0 Å². The van der Waals surface area contributed by atoms with Crippen molar-refractivity contribution in [2.75, 3.05) is 26.8 Å². The van der Waals surface area contributed by atoms with E-state index in [4.69, 9.17) is 9.47 Å². The van der Waals surface area contributed by atoms with Gasteiger partial charge in [-0.3, -0.25) is 4.90 Å². The van der Waals surface area contributed by atoms with Crippen molar-refractivity contribution in [1.29, 1.82) is 0 Å². The number of aromatic nitrogens is 1. The van der Waals surface area contributed by atoms with Gasteiger partial charge in [-0.2, -0.15) is 0 Å². The topological polar surface area (TPSA) is 37.5 Å². The van der Waals surface area contributed by atoms with Crippen molar-refractivity contribution in [2.45, 2.75) is 31.4 Å². The molecule has 2 aromatic carbocycles. The third-order valence-electron chi connectivity index (χ3n) is 5.77. The molecule has 148 valence electrons. The number of benzene rings is 2. The van der Waals surface area contributed by atoms with Gasteiger partial charge in [0, 0.05) is 31.9 Å². The Morgan fingerprint density at radius 3 is 2.86 bits per heavy atom. The predicted octanol–water partition coefficient (Wildman–Crippen LogP) is 4.76. The summed E-state index contributed by atoms with van der Waals surface area (Å²) in [7, 11) is 1.74. The average Bonchev–Trinajstić information content (AvgIpc) is 3.09. The Kier molecular flexibility index (Phi) is 5.64. The highest BCUT2D eigenvalue weighted by molar-refractivity contribution is 5.79. The van der Waals surface area contributed by atoms with Crippen molar-refractivity contribution in [2.24, 2.45) is 0 Å². The van der Waals surface area contributed by atoms with Crippen molar-refractivity contribution in [3.8, 4) is 5.75 Å². The lowest BCUT2D eigenvalue weighted by molar-refractivity contribution is -0.0548. The first-order valence-corrected chi connectivity index (χ1v) is 9.88. The normalized spacial score (nSPS) is 20.9. The number of halogens is 1. The fourth-order valence-electron chi connectivity index (χ4n) is 4.02. The van der Waals surface area contributed by atoms with Crippen molar-refractivity contribution in [3.05, 3.63) is 66.1 Å². The summed E-state index contributed by atoms with van der Waals surface area (Å²) in [4.78, 5) is 5.71. The van der Waals surface area contributed by atoms with Gasteiger partial charge >= 0.3 is 0 Å². The number of hydrogen-bond acceptors (Lipinski definition) is 3. The summed E-state index contributed by atoms with van der Waals surface area (Å²) in [6, 6.07) is 15.2. The number of ether oxygens (including phenoxy) is 2. The van der Waals surface area contributed by atoms with Gasteiger partial charge in [0.05, 0.1) is 0 Å². The molecule has 1 atom stereocenters. The first kappa shape index (κ1) is 19.0. The summed E-state index contributed by atoms with van der Waals surface area (Å²) in [5, 5.41) is 1.25. The van der Waals surface area contributed by atoms with E-state index < -0.39 is 0 Å². The van der Waals surface area contributed by atoms with Gasteiger partial charge in [0.25, 0.3) is 0 Å². The van der Waals surface area contributed by atoms with Crippen LogP contribution in [0.4, 0.5) is 4.39 Å². The number of hydrogen-bond donors (Lipinski definition) is 1. The van der Waals surface area contributed by atoms with Gasteiger partial charge in [0.15, 0.2) is 11.6 Å². The summed E-state index contributed by atoms with van der Waals surface area (Å²) in [5.74, 6) is -0.0380. The van der Waals surface area contributed by atoms with Crippen LogP contribution in [-0.4, -0.2) is 42.3 Å². The van der Waals surface area contributed by atoms with Gasteiger partial charge in [-0.1, -0.05) is 18.2 Å². The fourth-order valence-corrected chi connectivity index (χ4v) is 4.02. The number of para-hydroxylation sites is 1. The molecule has 1 N–H and O–H groups in total. The zero-order valence-electron chi connectivity index (χ0n) is 16.3. The van der Waals surface area contributed by atoms with E-state index in [2.05, 4.69) is 34.1 Å². The number of nitrogens with one attached hydrogen (secondary N) is 1. The number of methoxy groups -OCH3 is 1. The van der Waals surface area contributed by atoms with Crippen LogP contribution in [0.2, 0.25) is 0 Å². The molecule has 1 aliphatic rings. The molecule has 0 saturated carbocycles. The number of likely N-dealkylation sites (tertiary alicyclic amines) is 1. The SMILES string of the molecule is COC1(COc2ccccc2F)CCCN(Cc2ccc3[nH]ccc3c2)CC1. The van der Waals surface area contributed by atoms with Gasteiger partial charge in [-0.25, -0.2) is 4.39 Å². The first-order valence-electron chi connectivity index (χ1n) is 9.88. The van der Waals surface area contributed by atoms with Gasteiger partial charge in [-0.05, 0) is 67.1 Å². The van der Waals surface area contributed by atoms with E-state index in [-0.39, 0.29) is 11.4 Å². The number of rotatable bonds is 6. The van der Waals surface area contributed by atoms with Crippen LogP contribution in [0.3, 0.4) is 0 Å². The van der Waals surface area contributed by atoms with Crippen LogP contribution in [0, 0.1) is 5.82 Å². The molecule has 0 radical (unpaired) electrons. The third kappa shape index (κ3) is 4.21. The quantitative estimate of drug-likeness (QED) is 0.668. The summed E-state index contributed by atoms with van der Waals surface area (Å²) in [6.45, 7) is 3.25. The van der Waals surface area contributed by atoms with E-state index in [1.54, 1.807) is 25.3 Å². The molecule has 1 aliphatic heterocycles. The van der Waals surface area contributed by atoms with Crippen LogP contribution >= 0.6 is 0 Å². The van der Waals surface area contributed by atoms with Crippen LogP contribution in [0.25, 0.3) is 10.9 Å². The molecule has 4 rings (SSSR count). The molecule has 28 heavy (non-hydrogen) atoms. The average molecular weight is 382 g/mol. The van der Waals surface area contributed by atoms with E-state index in [1.807, 2.05) is 6.20 Å². The Morgan fingerprint density at radius 2 is 2.00 bits per heavy atom. The molecule has 1 aromatic heterocycles. The summed E-state index contributed by atoms with van der Waals surface area (Å²) < 4.78 is 25.6. The molecule has 0 aliphatic carbocycles. The summed E-state index contributed by atoms with van der Waals surface area (Å²) >= 11 is 0. The maximum Gasteiger partial charge on any atom is 0.165 e. The molecule has 0 bridgehead atoms. The minimum atomic E-state index is -0.373. The molecular formula is C23H27FN2O2. The maximum atomic E-state index is 13.9. The van der Waals surface area contributed by atoms with E-state index in [0.29, 0.717) is 12.4 Å². The minimum Gasteiger partial charge on any atom is -0.488 e. The highest BCUT2D eigenvalue weighted by Gasteiger charge is 2.33. The number of aromatic amines is 1.